The lowest BCUT2D eigenvalue weighted by molar-refractivity contribution is -0.120. The summed E-state index contributed by atoms with van der Waals surface area (Å²) < 4.78 is 117. The number of aldehydes is 2. The van der Waals surface area contributed by atoms with Gasteiger partial charge in [-0.05, 0) is 141 Å². The number of aliphatic hydroxyl groups is 4. The predicted molar refractivity (Wildman–Crippen MR) is 281 cm³/mol. The van der Waals surface area contributed by atoms with E-state index in [0.29, 0.717) is 154 Å². The molecule has 0 aromatic heterocycles. The SMILES string of the molecule is C1CCOC1.C=CCC1(O)CCC(S(C)(=O)=O)CC1.C=CCC1(O)CCC(S(C)(=O)=O)CC1.CS(=O)(=O)C1CCC(=O)CC1.CS(=O)(=O)C1CCC(O)(CC=O)CC1.CS(=O)(=O)C1CCC(O)(CC=O)CC1. The van der Waals surface area contributed by atoms with Crippen LogP contribution in [0.2, 0.25) is 0 Å². The van der Waals surface area contributed by atoms with Crippen molar-refractivity contribution in [2.75, 3.05) is 44.5 Å². The molecule has 0 radical (unpaired) electrons. The van der Waals surface area contributed by atoms with E-state index in [1.54, 1.807) is 12.2 Å². The van der Waals surface area contributed by atoms with Crippen molar-refractivity contribution in [3.63, 3.8) is 0 Å². The minimum absolute atomic E-state index is 0.115. The van der Waals surface area contributed by atoms with E-state index in [0.717, 1.165) is 13.2 Å². The average molecular weight is 1130 g/mol. The maximum absolute atomic E-state index is 11.3. The van der Waals surface area contributed by atoms with Crippen LogP contribution < -0.4 is 0 Å². The highest BCUT2D eigenvalue weighted by Gasteiger charge is 2.39. The summed E-state index contributed by atoms with van der Waals surface area (Å²) in [5.74, 6) is 0.199. The standard InChI is InChI=1S/2C10H18O3S.2C9H16O4S.C7H12O3S.C4H8O/c2*1-3-6-10(11)7-4-9(5-8-10)14(2,12)13;2*1-14(12,13)8-2-4-9(11,5-3-8)6-7-10;1-11(9,10)7-4-2-6(8)3-5-7;1-2-4-5-3-1/h2*3,9,11H,1,4-8H2,2H3;2*7-8,11H,2-6H2,1H3;7H,2-5H2,1H3;1-4H2. The molecular formula is C49H88O18S5. The van der Waals surface area contributed by atoms with Gasteiger partial charge in [0.15, 0.2) is 0 Å². The van der Waals surface area contributed by atoms with Crippen molar-refractivity contribution in [3.8, 4) is 0 Å². The Morgan fingerprint density at radius 1 is 0.431 bits per heavy atom. The highest BCUT2D eigenvalue weighted by molar-refractivity contribution is 7.92. The number of ketones is 1. The first-order valence-electron chi connectivity index (χ1n) is 25.0. The van der Waals surface area contributed by atoms with Gasteiger partial charge in [0.25, 0.3) is 0 Å². The Labute approximate surface area is 432 Å². The van der Waals surface area contributed by atoms with Gasteiger partial charge in [0.05, 0.1) is 48.7 Å². The molecular weight excluding hydrogens is 1040 g/mol. The lowest BCUT2D eigenvalue weighted by Gasteiger charge is -2.34. The van der Waals surface area contributed by atoms with Crippen LogP contribution in [-0.2, 0) is 68.3 Å². The molecule has 0 amide bonds. The molecule has 0 unspecified atom stereocenters. The third-order valence-electron chi connectivity index (χ3n) is 14.8. The number of hydrogen-bond acceptors (Lipinski definition) is 18. The van der Waals surface area contributed by atoms with Crippen LogP contribution in [0.25, 0.3) is 0 Å². The molecule has 5 saturated carbocycles. The highest BCUT2D eigenvalue weighted by Crippen LogP contribution is 2.36. The molecule has 0 bridgehead atoms. The molecule has 6 rings (SSSR count). The monoisotopic (exact) mass is 1120 g/mol. The van der Waals surface area contributed by atoms with E-state index in [1.165, 1.54) is 44.1 Å². The van der Waals surface area contributed by atoms with Crippen molar-refractivity contribution in [2.45, 2.75) is 216 Å². The second kappa shape index (κ2) is 30.1. The van der Waals surface area contributed by atoms with Crippen LogP contribution in [0, 0.1) is 0 Å². The highest BCUT2D eigenvalue weighted by atomic mass is 32.2. The van der Waals surface area contributed by atoms with Crippen LogP contribution in [0.15, 0.2) is 25.3 Å². The van der Waals surface area contributed by atoms with Gasteiger partial charge in [0.1, 0.15) is 67.5 Å². The molecule has 1 heterocycles. The first-order chi connectivity index (χ1) is 33.0. The number of rotatable bonds is 13. The molecule has 1 aliphatic heterocycles. The van der Waals surface area contributed by atoms with E-state index >= 15 is 0 Å². The third-order valence-corrected chi connectivity index (χ3v) is 23.2. The topological polar surface area (TPSA) is 312 Å². The maximum atomic E-state index is 11.3. The Hall–Kier alpha value is -1.96. The van der Waals surface area contributed by atoms with Crippen LogP contribution >= 0.6 is 0 Å². The minimum Gasteiger partial charge on any atom is -0.390 e. The fourth-order valence-corrected chi connectivity index (χ4v) is 15.2. The zero-order valence-electron chi connectivity index (χ0n) is 43.5. The summed E-state index contributed by atoms with van der Waals surface area (Å²) in [6.45, 7) is 9.18. The normalized spacial score (nSPS) is 31.5. The molecule has 6 fully saturated rings. The molecule has 23 heteroatoms. The molecule has 0 aromatic rings. The lowest BCUT2D eigenvalue weighted by Crippen LogP contribution is -2.38. The van der Waals surface area contributed by atoms with E-state index < -0.39 is 71.6 Å². The van der Waals surface area contributed by atoms with E-state index in [-0.39, 0.29) is 44.9 Å². The smallest absolute Gasteiger partial charge is 0.150 e. The van der Waals surface area contributed by atoms with Gasteiger partial charge in [-0.2, -0.15) is 0 Å². The van der Waals surface area contributed by atoms with Crippen molar-refractivity contribution < 1.29 is 81.6 Å². The zero-order chi connectivity index (χ0) is 55.3. The van der Waals surface area contributed by atoms with Gasteiger partial charge in [-0.3, -0.25) is 4.79 Å². The lowest BCUT2D eigenvalue weighted by atomic mass is 9.82. The number of hydrogen-bond donors (Lipinski definition) is 4. The quantitative estimate of drug-likeness (QED) is 0.146. The molecule has 18 nitrogen and oxygen atoms in total. The van der Waals surface area contributed by atoms with Crippen LogP contribution in [0.5, 0.6) is 0 Å². The summed E-state index contributed by atoms with van der Waals surface area (Å²) in [5.41, 5.74) is -3.32. The van der Waals surface area contributed by atoms with Gasteiger partial charge in [-0.1, -0.05) is 12.2 Å². The Bertz CT molecular complexity index is 1980. The molecule has 422 valence electrons. The predicted octanol–water partition coefficient (Wildman–Crippen LogP) is 4.49. The molecule has 0 spiro atoms. The van der Waals surface area contributed by atoms with Crippen LogP contribution in [0.4, 0.5) is 0 Å². The first kappa shape index (κ1) is 68.1. The summed E-state index contributed by atoms with van der Waals surface area (Å²) in [4.78, 5) is 31.3. The van der Waals surface area contributed by atoms with Gasteiger partial charge in [-0.15, -0.1) is 13.2 Å². The molecule has 0 atom stereocenters. The van der Waals surface area contributed by atoms with E-state index in [2.05, 4.69) is 13.2 Å². The van der Waals surface area contributed by atoms with Crippen molar-refractivity contribution in [3.05, 3.63) is 25.3 Å². The molecule has 4 N–H and O–H groups in total. The Morgan fingerprint density at radius 3 is 0.806 bits per heavy atom. The largest absolute Gasteiger partial charge is 0.390 e. The van der Waals surface area contributed by atoms with E-state index in [9.17, 15) is 76.9 Å². The summed E-state index contributed by atoms with van der Waals surface area (Å²) >= 11 is 0. The van der Waals surface area contributed by atoms with Crippen LogP contribution in [0.3, 0.4) is 0 Å². The van der Waals surface area contributed by atoms with Crippen LogP contribution in [-0.4, -0.2) is 174 Å². The van der Waals surface area contributed by atoms with Crippen molar-refractivity contribution in [1.29, 1.82) is 0 Å². The Kier molecular flexibility index (Phi) is 28.5. The van der Waals surface area contributed by atoms with E-state index in [4.69, 9.17) is 4.74 Å². The first-order valence-corrected chi connectivity index (χ1v) is 34.8. The second-order valence-corrected chi connectivity index (χ2v) is 32.8. The Balaban J connectivity index is 0.000000439. The number of carbonyl (C=O) groups excluding carboxylic acids is 3. The molecule has 1 saturated heterocycles. The summed E-state index contributed by atoms with van der Waals surface area (Å²) in [6, 6.07) is 0. The Morgan fingerprint density at radius 2 is 0.639 bits per heavy atom. The van der Waals surface area contributed by atoms with Gasteiger partial charge in [0.2, 0.25) is 0 Å². The summed E-state index contributed by atoms with van der Waals surface area (Å²) in [7, 11) is -14.7. The maximum Gasteiger partial charge on any atom is 0.150 e. The minimum atomic E-state index is -2.99. The molecule has 6 aliphatic rings. The average Bonchev–Trinajstić information content (AvgIpc) is 3.85. The third kappa shape index (κ3) is 26.7. The number of Topliss-reactive ketones (excluding diaryl/α,β-unsaturated/α-hetero) is 1. The van der Waals surface area contributed by atoms with Crippen molar-refractivity contribution in [1.82, 2.24) is 0 Å². The number of carbonyl (C=O) groups is 3. The van der Waals surface area contributed by atoms with Gasteiger partial charge in [0, 0.05) is 70.2 Å². The van der Waals surface area contributed by atoms with Crippen molar-refractivity contribution in [2.24, 2.45) is 0 Å². The van der Waals surface area contributed by atoms with Crippen LogP contribution in [0.1, 0.15) is 167 Å². The summed E-state index contributed by atoms with van der Waals surface area (Å²) in [6.07, 6.45) is 24.9. The van der Waals surface area contributed by atoms with Gasteiger partial charge < -0.3 is 34.8 Å². The van der Waals surface area contributed by atoms with Gasteiger partial charge >= 0.3 is 0 Å². The van der Waals surface area contributed by atoms with Crippen molar-refractivity contribution >= 4 is 67.5 Å². The number of sulfone groups is 5. The molecule has 72 heavy (non-hydrogen) atoms. The zero-order valence-corrected chi connectivity index (χ0v) is 47.5. The second-order valence-electron chi connectivity index (χ2n) is 21.1. The summed E-state index contributed by atoms with van der Waals surface area (Å²) in [5, 5.41) is 38.2. The number of ether oxygens (including phenoxy) is 1. The molecule has 5 aliphatic carbocycles. The fourth-order valence-electron chi connectivity index (χ4n) is 9.74. The molecule has 0 aromatic carbocycles. The van der Waals surface area contributed by atoms with E-state index in [1.807, 2.05) is 0 Å². The fraction of sp³-hybridized carbons (Fsp3) is 0.857. The van der Waals surface area contributed by atoms with Gasteiger partial charge in [-0.25, -0.2) is 42.1 Å².